The van der Waals surface area contributed by atoms with Crippen molar-refractivity contribution in [3.63, 3.8) is 0 Å². The molecule has 0 radical (unpaired) electrons. The van der Waals surface area contributed by atoms with Gasteiger partial charge >= 0.3 is 0 Å². The molecule has 2 rings (SSSR count). The highest BCUT2D eigenvalue weighted by Crippen LogP contribution is 2.15. The van der Waals surface area contributed by atoms with Crippen molar-refractivity contribution in [2.75, 3.05) is 24.2 Å². The Morgan fingerprint density at radius 1 is 0.895 bits per heavy atom. The zero-order chi connectivity index (χ0) is 13.7. The van der Waals surface area contributed by atoms with Crippen LogP contribution in [-0.2, 0) is 12.8 Å². The van der Waals surface area contributed by atoms with Crippen molar-refractivity contribution < 1.29 is 0 Å². The molecule has 2 heteroatoms. The molecule has 0 unspecified atom stereocenters. The molecule has 0 fully saturated rings. The number of anilines is 2. The average molecular weight is 254 g/mol. The van der Waals surface area contributed by atoms with Crippen molar-refractivity contribution in [2.24, 2.45) is 0 Å². The van der Waals surface area contributed by atoms with Crippen LogP contribution in [0.1, 0.15) is 18.1 Å². The molecule has 0 saturated carbocycles. The maximum atomic E-state index is 5.69. The normalized spacial score (nSPS) is 10.4. The number of nitrogens with zero attached hydrogens (tertiary/aromatic N) is 1. The molecule has 0 aliphatic rings. The lowest BCUT2D eigenvalue weighted by Crippen LogP contribution is -2.20. The number of nitrogen functional groups attached to an aromatic ring is 1. The van der Waals surface area contributed by atoms with E-state index < -0.39 is 0 Å². The molecule has 0 saturated heterocycles. The van der Waals surface area contributed by atoms with Gasteiger partial charge in [-0.05, 0) is 48.2 Å². The summed E-state index contributed by atoms with van der Waals surface area (Å²) in [6.07, 6.45) is 2.13. The van der Waals surface area contributed by atoms with E-state index in [1.807, 2.05) is 12.1 Å². The molecule has 2 nitrogen and oxygen atoms in total. The second kappa shape index (κ2) is 6.28. The van der Waals surface area contributed by atoms with Crippen LogP contribution >= 0.6 is 0 Å². The average Bonchev–Trinajstić information content (AvgIpc) is 2.46. The third-order valence-electron chi connectivity index (χ3n) is 3.50. The first-order valence-corrected chi connectivity index (χ1v) is 6.83. The third-order valence-corrected chi connectivity index (χ3v) is 3.50. The molecule has 2 aromatic rings. The quantitative estimate of drug-likeness (QED) is 0.827. The molecule has 2 aromatic carbocycles. The zero-order valence-corrected chi connectivity index (χ0v) is 11.8. The van der Waals surface area contributed by atoms with E-state index in [1.165, 1.54) is 16.8 Å². The zero-order valence-electron chi connectivity index (χ0n) is 11.8. The smallest absolute Gasteiger partial charge is 0.0363 e. The first-order valence-electron chi connectivity index (χ1n) is 6.83. The van der Waals surface area contributed by atoms with Gasteiger partial charge in [0.05, 0.1) is 0 Å². The van der Waals surface area contributed by atoms with Crippen LogP contribution < -0.4 is 10.6 Å². The minimum absolute atomic E-state index is 0.826. The van der Waals surface area contributed by atoms with E-state index >= 15 is 0 Å². The Morgan fingerprint density at radius 2 is 1.47 bits per heavy atom. The predicted octanol–water partition coefficient (Wildman–Crippen LogP) is 3.51. The molecule has 0 bridgehead atoms. The van der Waals surface area contributed by atoms with Crippen LogP contribution in [0.4, 0.5) is 11.4 Å². The highest BCUT2D eigenvalue weighted by Gasteiger charge is 2.01. The molecule has 100 valence electrons. The number of hydrogen-bond acceptors (Lipinski definition) is 2. The standard InChI is InChI=1S/C17H22N2/c1-3-14-6-10-17(11-7-14)19(2)13-12-15-4-8-16(18)9-5-15/h4-11H,3,12-13,18H2,1-2H3. The second-order valence-electron chi connectivity index (χ2n) is 4.93. The summed E-state index contributed by atoms with van der Waals surface area (Å²) in [7, 11) is 2.14. The van der Waals surface area contributed by atoms with Gasteiger partial charge < -0.3 is 10.6 Å². The van der Waals surface area contributed by atoms with Crippen LogP contribution in [0.5, 0.6) is 0 Å². The van der Waals surface area contributed by atoms with Crippen LogP contribution in [-0.4, -0.2) is 13.6 Å². The topological polar surface area (TPSA) is 29.3 Å². The number of likely N-dealkylation sites (N-methyl/N-ethyl adjacent to an activating group) is 1. The Bertz CT molecular complexity index is 500. The van der Waals surface area contributed by atoms with Crippen molar-refractivity contribution in [1.82, 2.24) is 0 Å². The summed E-state index contributed by atoms with van der Waals surface area (Å²) in [5.74, 6) is 0. The second-order valence-corrected chi connectivity index (χ2v) is 4.93. The highest BCUT2D eigenvalue weighted by molar-refractivity contribution is 5.47. The summed E-state index contributed by atoms with van der Waals surface area (Å²) >= 11 is 0. The fourth-order valence-electron chi connectivity index (χ4n) is 2.10. The Kier molecular flexibility index (Phi) is 4.45. The summed E-state index contributed by atoms with van der Waals surface area (Å²) in [6.45, 7) is 3.19. The highest BCUT2D eigenvalue weighted by atomic mass is 15.1. The van der Waals surface area contributed by atoms with E-state index in [0.717, 1.165) is 25.1 Å². The first-order chi connectivity index (χ1) is 9.19. The predicted molar refractivity (Wildman–Crippen MR) is 83.6 cm³/mol. The molecule has 19 heavy (non-hydrogen) atoms. The maximum Gasteiger partial charge on any atom is 0.0363 e. The van der Waals surface area contributed by atoms with Gasteiger partial charge in [-0.1, -0.05) is 31.2 Å². The molecule has 0 atom stereocenters. The Morgan fingerprint density at radius 3 is 2.05 bits per heavy atom. The minimum atomic E-state index is 0.826. The molecular formula is C17H22N2. The van der Waals surface area contributed by atoms with E-state index in [4.69, 9.17) is 5.73 Å². The van der Waals surface area contributed by atoms with E-state index in [1.54, 1.807) is 0 Å². The maximum absolute atomic E-state index is 5.69. The lowest BCUT2D eigenvalue weighted by atomic mass is 10.1. The number of hydrogen-bond donors (Lipinski definition) is 1. The van der Waals surface area contributed by atoms with Crippen LogP contribution in [0.15, 0.2) is 48.5 Å². The first kappa shape index (κ1) is 13.5. The SMILES string of the molecule is CCc1ccc(N(C)CCc2ccc(N)cc2)cc1. The van der Waals surface area contributed by atoms with E-state index in [0.29, 0.717) is 0 Å². The van der Waals surface area contributed by atoms with Gasteiger partial charge in [-0.2, -0.15) is 0 Å². The van der Waals surface area contributed by atoms with Crippen LogP contribution in [0.2, 0.25) is 0 Å². The number of aryl methyl sites for hydroxylation is 1. The molecule has 0 spiro atoms. The van der Waals surface area contributed by atoms with Gasteiger partial charge in [-0.15, -0.1) is 0 Å². The summed E-state index contributed by atoms with van der Waals surface area (Å²) < 4.78 is 0. The lowest BCUT2D eigenvalue weighted by molar-refractivity contribution is 0.876. The number of benzene rings is 2. The monoisotopic (exact) mass is 254 g/mol. The van der Waals surface area contributed by atoms with Crippen LogP contribution in [0.3, 0.4) is 0 Å². The van der Waals surface area contributed by atoms with Gasteiger partial charge in [-0.3, -0.25) is 0 Å². The van der Waals surface area contributed by atoms with Crippen LogP contribution in [0.25, 0.3) is 0 Å². The van der Waals surface area contributed by atoms with Gasteiger partial charge in [0.2, 0.25) is 0 Å². The fraction of sp³-hybridized carbons (Fsp3) is 0.294. The third kappa shape index (κ3) is 3.75. The van der Waals surface area contributed by atoms with Gasteiger partial charge in [0, 0.05) is 25.0 Å². The summed E-state index contributed by atoms with van der Waals surface area (Å²) in [6, 6.07) is 16.9. The van der Waals surface area contributed by atoms with Crippen molar-refractivity contribution in [3.05, 3.63) is 59.7 Å². The van der Waals surface area contributed by atoms with Gasteiger partial charge in [0.15, 0.2) is 0 Å². The lowest BCUT2D eigenvalue weighted by Gasteiger charge is -2.19. The Labute approximate surface area is 115 Å². The van der Waals surface area contributed by atoms with Crippen molar-refractivity contribution in [2.45, 2.75) is 19.8 Å². The molecule has 2 N–H and O–H groups in total. The minimum Gasteiger partial charge on any atom is -0.399 e. The van der Waals surface area contributed by atoms with Gasteiger partial charge in [0.25, 0.3) is 0 Å². The van der Waals surface area contributed by atoms with E-state index in [-0.39, 0.29) is 0 Å². The fourth-order valence-corrected chi connectivity index (χ4v) is 2.10. The molecule has 0 aromatic heterocycles. The number of rotatable bonds is 5. The molecule has 0 aliphatic heterocycles. The van der Waals surface area contributed by atoms with Crippen molar-refractivity contribution in [1.29, 1.82) is 0 Å². The molecule has 0 aliphatic carbocycles. The summed E-state index contributed by atoms with van der Waals surface area (Å²) in [5.41, 5.74) is 10.5. The van der Waals surface area contributed by atoms with Crippen LogP contribution in [0, 0.1) is 0 Å². The van der Waals surface area contributed by atoms with E-state index in [9.17, 15) is 0 Å². The van der Waals surface area contributed by atoms with Crippen molar-refractivity contribution >= 4 is 11.4 Å². The molecule has 0 heterocycles. The summed E-state index contributed by atoms with van der Waals surface area (Å²) in [4.78, 5) is 2.29. The largest absolute Gasteiger partial charge is 0.399 e. The Balaban J connectivity index is 1.93. The van der Waals surface area contributed by atoms with Gasteiger partial charge in [0.1, 0.15) is 0 Å². The Hall–Kier alpha value is -1.96. The summed E-state index contributed by atoms with van der Waals surface area (Å²) in [5, 5.41) is 0. The van der Waals surface area contributed by atoms with Crippen molar-refractivity contribution in [3.8, 4) is 0 Å². The molecule has 0 amide bonds. The number of nitrogens with two attached hydrogens (primary N) is 1. The molecular weight excluding hydrogens is 232 g/mol. The van der Waals surface area contributed by atoms with E-state index in [2.05, 4.69) is 55.3 Å². The van der Waals surface area contributed by atoms with Gasteiger partial charge in [-0.25, -0.2) is 0 Å².